The minimum Gasteiger partial charge on any atom is -0.490 e. The number of carbonyl (C=O) groups is 1. The first-order valence-electron chi connectivity index (χ1n) is 10.8. The first-order valence-corrected chi connectivity index (χ1v) is 10.8. The maximum atomic E-state index is 12.8. The molecule has 0 aliphatic heterocycles. The van der Waals surface area contributed by atoms with Gasteiger partial charge in [-0.15, -0.1) is 0 Å². The summed E-state index contributed by atoms with van der Waals surface area (Å²) >= 11 is 0. The van der Waals surface area contributed by atoms with Gasteiger partial charge in [0.05, 0.1) is 13.2 Å². The van der Waals surface area contributed by atoms with Crippen molar-refractivity contribution in [1.29, 1.82) is 0 Å². The van der Waals surface area contributed by atoms with Crippen LogP contribution < -0.4 is 20.1 Å². The summed E-state index contributed by atoms with van der Waals surface area (Å²) in [7, 11) is 0. The standard InChI is InChI=1S/C26H30N2O3/c1-4-20-11-7-8-13-23(20)27-18-19-10-9-12-21(16-19)26(29)28-22-14-15-24(30-5-2)25(17-22)31-6-3/h7-17,27H,4-6,18H2,1-3H3,(H,28,29). The summed E-state index contributed by atoms with van der Waals surface area (Å²) in [5.41, 5.74) is 4.71. The predicted octanol–water partition coefficient (Wildman–Crippen LogP) is 5.91. The van der Waals surface area contributed by atoms with Gasteiger partial charge in [-0.2, -0.15) is 0 Å². The lowest BCUT2D eigenvalue weighted by Crippen LogP contribution is -2.13. The molecule has 162 valence electrons. The lowest BCUT2D eigenvalue weighted by molar-refractivity contribution is 0.102. The number of hydrogen-bond donors (Lipinski definition) is 2. The van der Waals surface area contributed by atoms with Crippen LogP contribution in [0.1, 0.15) is 42.3 Å². The summed E-state index contributed by atoms with van der Waals surface area (Å²) in [5, 5.41) is 6.42. The van der Waals surface area contributed by atoms with Crippen LogP contribution in [0.15, 0.2) is 66.7 Å². The highest BCUT2D eigenvalue weighted by Crippen LogP contribution is 2.31. The van der Waals surface area contributed by atoms with Gasteiger partial charge in [0.2, 0.25) is 0 Å². The molecule has 0 fully saturated rings. The molecule has 3 aromatic rings. The van der Waals surface area contributed by atoms with Crippen LogP contribution in [0.25, 0.3) is 0 Å². The van der Waals surface area contributed by atoms with E-state index in [4.69, 9.17) is 9.47 Å². The molecule has 0 saturated heterocycles. The molecule has 0 bridgehead atoms. The molecule has 0 aromatic heterocycles. The topological polar surface area (TPSA) is 59.6 Å². The Bertz CT molecular complexity index is 1020. The van der Waals surface area contributed by atoms with E-state index < -0.39 is 0 Å². The number of carbonyl (C=O) groups excluding carboxylic acids is 1. The fourth-order valence-corrected chi connectivity index (χ4v) is 3.35. The normalized spacial score (nSPS) is 10.4. The SMILES string of the molecule is CCOc1ccc(NC(=O)c2cccc(CNc3ccccc3CC)c2)cc1OCC. The molecule has 0 aliphatic carbocycles. The van der Waals surface area contributed by atoms with Crippen molar-refractivity contribution in [2.45, 2.75) is 33.7 Å². The van der Waals surface area contributed by atoms with Crippen molar-refractivity contribution in [2.24, 2.45) is 0 Å². The summed E-state index contributed by atoms with van der Waals surface area (Å²) < 4.78 is 11.2. The summed E-state index contributed by atoms with van der Waals surface area (Å²) in [6.07, 6.45) is 0.970. The summed E-state index contributed by atoms with van der Waals surface area (Å²) in [4.78, 5) is 12.8. The van der Waals surface area contributed by atoms with Crippen LogP contribution in [0.4, 0.5) is 11.4 Å². The molecule has 0 atom stereocenters. The summed E-state index contributed by atoms with van der Waals surface area (Å²) in [6, 6.07) is 21.4. The molecular formula is C26H30N2O3. The number of para-hydroxylation sites is 1. The molecule has 5 nitrogen and oxygen atoms in total. The van der Waals surface area contributed by atoms with E-state index >= 15 is 0 Å². The zero-order valence-corrected chi connectivity index (χ0v) is 18.4. The fraction of sp³-hybridized carbons (Fsp3) is 0.269. The molecule has 0 unspecified atom stereocenters. The van der Waals surface area contributed by atoms with E-state index in [0.717, 1.165) is 17.7 Å². The molecule has 1 amide bonds. The van der Waals surface area contributed by atoms with Crippen LogP contribution in [0.5, 0.6) is 11.5 Å². The Morgan fingerprint density at radius 1 is 0.839 bits per heavy atom. The first-order chi connectivity index (χ1) is 15.1. The van der Waals surface area contributed by atoms with Gasteiger partial charge in [-0.05, 0) is 61.7 Å². The van der Waals surface area contributed by atoms with Gasteiger partial charge in [-0.25, -0.2) is 0 Å². The van der Waals surface area contributed by atoms with Crippen LogP contribution in [0.3, 0.4) is 0 Å². The van der Waals surface area contributed by atoms with Gasteiger partial charge in [0.25, 0.3) is 5.91 Å². The smallest absolute Gasteiger partial charge is 0.255 e. The molecule has 0 heterocycles. The Morgan fingerprint density at radius 3 is 2.39 bits per heavy atom. The lowest BCUT2D eigenvalue weighted by atomic mass is 10.1. The molecule has 31 heavy (non-hydrogen) atoms. The molecule has 2 N–H and O–H groups in total. The number of amides is 1. The Kier molecular flexibility index (Phi) is 7.93. The number of benzene rings is 3. The van der Waals surface area contributed by atoms with Gasteiger partial charge < -0.3 is 20.1 Å². The Labute approximate surface area is 184 Å². The van der Waals surface area contributed by atoms with E-state index in [-0.39, 0.29) is 5.91 Å². The maximum Gasteiger partial charge on any atom is 0.255 e. The lowest BCUT2D eigenvalue weighted by Gasteiger charge is -2.14. The van der Waals surface area contributed by atoms with Crippen molar-refractivity contribution < 1.29 is 14.3 Å². The summed E-state index contributed by atoms with van der Waals surface area (Å²) in [5.74, 6) is 1.12. The quantitative estimate of drug-likeness (QED) is 0.430. The van der Waals surface area contributed by atoms with Crippen LogP contribution in [-0.4, -0.2) is 19.1 Å². The van der Waals surface area contributed by atoms with Crippen molar-refractivity contribution in [3.8, 4) is 11.5 Å². The second kappa shape index (κ2) is 11.1. The highest BCUT2D eigenvalue weighted by Gasteiger charge is 2.11. The van der Waals surface area contributed by atoms with Crippen LogP contribution >= 0.6 is 0 Å². The molecule has 5 heteroatoms. The first kappa shape index (κ1) is 22.2. The van der Waals surface area contributed by atoms with E-state index in [2.05, 4.69) is 29.7 Å². The third-order valence-corrected chi connectivity index (χ3v) is 4.87. The minimum absolute atomic E-state index is 0.164. The Hall–Kier alpha value is -3.47. The van der Waals surface area contributed by atoms with E-state index in [1.165, 1.54) is 5.56 Å². The van der Waals surface area contributed by atoms with Crippen molar-refractivity contribution in [3.63, 3.8) is 0 Å². The largest absolute Gasteiger partial charge is 0.490 e. The van der Waals surface area contributed by atoms with E-state index in [9.17, 15) is 4.79 Å². The number of ether oxygens (including phenoxy) is 2. The van der Waals surface area contributed by atoms with E-state index in [1.54, 1.807) is 6.07 Å². The number of rotatable bonds is 10. The zero-order chi connectivity index (χ0) is 22.1. The second-order valence-corrected chi connectivity index (χ2v) is 7.05. The molecule has 0 saturated carbocycles. The van der Waals surface area contributed by atoms with Gasteiger partial charge >= 0.3 is 0 Å². The zero-order valence-electron chi connectivity index (χ0n) is 18.4. The minimum atomic E-state index is -0.164. The summed E-state index contributed by atoms with van der Waals surface area (Å²) in [6.45, 7) is 7.70. The van der Waals surface area contributed by atoms with Crippen LogP contribution in [0.2, 0.25) is 0 Å². The molecule has 0 spiro atoms. The third-order valence-electron chi connectivity index (χ3n) is 4.87. The average Bonchev–Trinajstić information content (AvgIpc) is 2.80. The monoisotopic (exact) mass is 418 g/mol. The molecule has 3 rings (SSSR count). The number of nitrogens with one attached hydrogen (secondary N) is 2. The molecule has 0 radical (unpaired) electrons. The van der Waals surface area contributed by atoms with Gasteiger partial charge in [0, 0.05) is 29.5 Å². The highest BCUT2D eigenvalue weighted by molar-refractivity contribution is 6.04. The van der Waals surface area contributed by atoms with Crippen molar-refractivity contribution >= 4 is 17.3 Å². The van der Waals surface area contributed by atoms with Crippen molar-refractivity contribution in [2.75, 3.05) is 23.8 Å². The molecule has 3 aromatic carbocycles. The van der Waals surface area contributed by atoms with Gasteiger partial charge in [0.15, 0.2) is 11.5 Å². The number of aryl methyl sites for hydroxylation is 1. The van der Waals surface area contributed by atoms with Crippen molar-refractivity contribution in [3.05, 3.63) is 83.4 Å². The van der Waals surface area contributed by atoms with Crippen LogP contribution in [0, 0.1) is 0 Å². The fourth-order valence-electron chi connectivity index (χ4n) is 3.35. The maximum absolute atomic E-state index is 12.8. The predicted molar refractivity (Wildman–Crippen MR) is 126 cm³/mol. The third kappa shape index (κ3) is 6.01. The highest BCUT2D eigenvalue weighted by atomic mass is 16.5. The average molecular weight is 419 g/mol. The van der Waals surface area contributed by atoms with Gasteiger partial charge in [-0.1, -0.05) is 37.3 Å². The van der Waals surface area contributed by atoms with Crippen molar-refractivity contribution in [1.82, 2.24) is 0 Å². The van der Waals surface area contributed by atoms with Gasteiger partial charge in [0.1, 0.15) is 0 Å². The Morgan fingerprint density at radius 2 is 1.61 bits per heavy atom. The number of anilines is 2. The number of hydrogen-bond acceptors (Lipinski definition) is 4. The molecule has 0 aliphatic rings. The Balaban J connectivity index is 1.69. The molecular weight excluding hydrogens is 388 g/mol. The van der Waals surface area contributed by atoms with Gasteiger partial charge in [-0.3, -0.25) is 4.79 Å². The van der Waals surface area contributed by atoms with E-state index in [1.807, 2.05) is 62.4 Å². The van der Waals surface area contributed by atoms with E-state index in [0.29, 0.717) is 42.5 Å². The van der Waals surface area contributed by atoms with Crippen LogP contribution in [-0.2, 0) is 13.0 Å². The second-order valence-electron chi connectivity index (χ2n) is 7.05.